The summed E-state index contributed by atoms with van der Waals surface area (Å²) in [4.78, 5) is 14.4. The minimum atomic E-state index is 0.126. The van der Waals surface area contributed by atoms with Gasteiger partial charge in [0.2, 0.25) is 0 Å². The normalized spacial score (nSPS) is 18.2. The zero-order chi connectivity index (χ0) is 15.2. The first kappa shape index (κ1) is 15.6. The highest BCUT2D eigenvalue weighted by Crippen LogP contribution is 2.28. The molecule has 1 aliphatic heterocycles. The molecule has 0 unspecified atom stereocenters. The monoisotopic (exact) mass is 289 g/mol. The standard InChI is InChI=1S/C17H23NO3/c1-3-8-18-9-7-15(19)14(12-18)10-13-5-6-16(20)17(11-13)21-4-2/h5-6,10-11,20H,3-4,7-9,12H2,1-2H3/b14-10+. The number of carbonyl (C=O) groups excluding carboxylic acids is 1. The fraction of sp³-hybridized carbons (Fsp3) is 0.471. The van der Waals surface area contributed by atoms with Crippen LogP contribution in [0.1, 0.15) is 32.3 Å². The number of ether oxygens (including phenoxy) is 1. The van der Waals surface area contributed by atoms with Gasteiger partial charge < -0.3 is 9.84 Å². The van der Waals surface area contributed by atoms with Crippen LogP contribution in [0, 0.1) is 0 Å². The lowest BCUT2D eigenvalue weighted by Crippen LogP contribution is -2.36. The Morgan fingerprint density at radius 1 is 1.38 bits per heavy atom. The first-order valence-corrected chi connectivity index (χ1v) is 7.56. The van der Waals surface area contributed by atoms with E-state index in [4.69, 9.17) is 4.74 Å². The summed E-state index contributed by atoms with van der Waals surface area (Å²) in [5, 5.41) is 9.72. The van der Waals surface area contributed by atoms with Crippen LogP contribution in [0.15, 0.2) is 23.8 Å². The average molecular weight is 289 g/mol. The third-order valence-corrected chi connectivity index (χ3v) is 3.57. The minimum Gasteiger partial charge on any atom is -0.504 e. The van der Waals surface area contributed by atoms with Crippen molar-refractivity contribution in [3.05, 3.63) is 29.3 Å². The molecule has 1 N–H and O–H groups in total. The van der Waals surface area contributed by atoms with Gasteiger partial charge in [0.1, 0.15) is 0 Å². The maximum absolute atomic E-state index is 12.1. The summed E-state index contributed by atoms with van der Waals surface area (Å²) in [7, 11) is 0. The summed E-state index contributed by atoms with van der Waals surface area (Å²) in [5.74, 6) is 0.801. The topological polar surface area (TPSA) is 49.8 Å². The summed E-state index contributed by atoms with van der Waals surface area (Å²) in [5.41, 5.74) is 1.72. The van der Waals surface area contributed by atoms with E-state index in [1.807, 2.05) is 13.0 Å². The number of likely N-dealkylation sites (tertiary alicyclic amines) is 1. The number of rotatable bonds is 5. The Morgan fingerprint density at radius 3 is 2.90 bits per heavy atom. The van der Waals surface area contributed by atoms with Crippen LogP contribution in [0.5, 0.6) is 11.5 Å². The zero-order valence-corrected chi connectivity index (χ0v) is 12.8. The van der Waals surface area contributed by atoms with Gasteiger partial charge in [0.25, 0.3) is 0 Å². The van der Waals surface area contributed by atoms with Crippen LogP contribution >= 0.6 is 0 Å². The summed E-state index contributed by atoms with van der Waals surface area (Å²) in [6.45, 7) is 7.09. The maximum atomic E-state index is 12.1. The quantitative estimate of drug-likeness (QED) is 0.847. The lowest BCUT2D eigenvalue weighted by Gasteiger charge is -2.27. The van der Waals surface area contributed by atoms with Gasteiger partial charge in [-0.3, -0.25) is 9.69 Å². The van der Waals surface area contributed by atoms with E-state index >= 15 is 0 Å². The van der Waals surface area contributed by atoms with Crippen LogP contribution in [0.2, 0.25) is 0 Å². The molecule has 114 valence electrons. The number of phenolic OH excluding ortho intramolecular Hbond substituents is 1. The van der Waals surface area contributed by atoms with E-state index in [-0.39, 0.29) is 11.5 Å². The second-order valence-electron chi connectivity index (χ2n) is 5.28. The Hall–Kier alpha value is -1.81. The zero-order valence-electron chi connectivity index (χ0n) is 12.8. The van der Waals surface area contributed by atoms with E-state index in [0.29, 0.717) is 25.3 Å². The summed E-state index contributed by atoms with van der Waals surface area (Å²) < 4.78 is 5.38. The van der Waals surface area contributed by atoms with E-state index < -0.39 is 0 Å². The number of aromatic hydroxyl groups is 1. The molecule has 4 nitrogen and oxygen atoms in total. The molecule has 0 saturated carbocycles. The van der Waals surface area contributed by atoms with E-state index in [0.717, 1.165) is 30.6 Å². The van der Waals surface area contributed by atoms with Gasteiger partial charge in [-0.2, -0.15) is 0 Å². The number of carbonyl (C=O) groups is 1. The molecule has 1 fully saturated rings. The van der Waals surface area contributed by atoms with Crippen molar-refractivity contribution < 1.29 is 14.6 Å². The molecule has 0 radical (unpaired) electrons. The summed E-state index contributed by atoms with van der Waals surface area (Å²) in [6, 6.07) is 5.18. The Labute approximate surface area is 126 Å². The second-order valence-corrected chi connectivity index (χ2v) is 5.28. The first-order valence-electron chi connectivity index (χ1n) is 7.56. The molecule has 0 atom stereocenters. The third kappa shape index (κ3) is 4.08. The van der Waals surface area contributed by atoms with Gasteiger partial charge in [-0.15, -0.1) is 0 Å². The van der Waals surface area contributed by atoms with Gasteiger partial charge in [0.15, 0.2) is 17.3 Å². The number of nitrogens with zero attached hydrogens (tertiary/aromatic N) is 1. The lowest BCUT2D eigenvalue weighted by atomic mass is 10.00. The fourth-order valence-corrected chi connectivity index (χ4v) is 2.55. The van der Waals surface area contributed by atoms with Crippen molar-refractivity contribution in [2.24, 2.45) is 0 Å². The highest BCUT2D eigenvalue weighted by Gasteiger charge is 2.20. The van der Waals surface area contributed by atoms with E-state index in [1.54, 1.807) is 18.2 Å². The minimum absolute atomic E-state index is 0.126. The van der Waals surface area contributed by atoms with Gasteiger partial charge in [0.05, 0.1) is 6.61 Å². The molecule has 4 heteroatoms. The predicted octanol–water partition coefficient (Wildman–Crippen LogP) is 2.86. The SMILES string of the molecule is CCCN1CCC(=O)/C(=C/c2ccc(O)c(OCC)c2)C1. The van der Waals surface area contributed by atoms with Crippen LogP contribution in [0.4, 0.5) is 0 Å². The van der Waals surface area contributed by atoms with Crippen LogP contribution in [-0.2, 0) is 4.79 Å². The van der Waals surface area contributed by atoms with E-state index in [1.165, 1.54) is 0 Å². The number of hydrogen-bond donors (Lipinski definition) is 1. The Balaban J connectivity index is 2.20. The Morgan fingerprint density at radius 2 is 2.19 bits per heavy atom. The molecule has 0 amide bonds. The number of piperidine rings is 1. The molecular formula is C17H23NO3. The largest absolute Gasteiger partial charge is 0.504 e. The fourth-order valence-electron chi connectivity index (χ4n) is 2.55. The molecule has 0 aliphatic carbocycles. The van der Waals surface area contributed by atoms with Gasteiger partial charge in [-0.25, -0.2) is 0 Å². The van der Waals surface area contributed by atoms with Crippen LogP contribution < -0.4 is 4.74 Å². The number of phenols is 1. The molecule has 1 saturated heterocycles. The first-order chi connectivity index (χ1) is 10.1. The number of hydrogen-bond acceptors (Lipinski definition) is 4. The molecule has 21 heavy (non-hydrogen) atoms. The van der Waals surface area contributed by atoms with Crippen molar-refractivity contribution in [2.45, 2.75) is 26.7 Å². The van der Waals surface area contributed by atoms with Crippen molar-refractivity contribution in [2.75, 3.05) is 26.2 Å². The van der Waals surface area contributed by atoms with Gasteiger partial charge in [-0.1, -0.05) is 13.0 Å². The number of ketones is 1. The van der Waals surface area contributed by atoms with Gasteiger partial charge in [-0.05, 0) is 43.7 Å². The van der Waals surface area contributed by atoms with Gasteiger partial charge >= 0.3 is 0 Å². The number of Topliss-reactive ketones (excluding diaryl/α,β-unsaturated/α-hetero) is 1. The molecule has 0 aromatic heterocycles. The lowest BCUT2D eigenvalue weighted by molar-refractivity contribution is -0.117. The van der Waals surface area contributed by atoms with Crippen LogP contribution in [0.3, 0.4) is 0 Å². The third-order valence-electron chi connectivity index (χ3n) is 3.57. The molecule has 1 aromatic carbocycles. The Bertz CT molecular complexity index is 537. The van der Waals surface area contributed by atoms with Crippen molar-refractivity contribution in [1.29, 1.82) is 0 Å². The Kier molecular flexibility index (Phi) is 5.39. The summed E-state index contributed by atoms with van der Waals surface area (Å²) >= 11 is 0. The van der Waals surface area contributed by atoms with Crippen LogP contribution in [-0.4, -0.2) is 42.0 Å². The molecule has 0 spiro atoms. The highest BCUT2D eigenvalue weighted by molar-refractivity contribution is 6.00. The molecular weight excluding hydrogens is 266 g/mol. The molecule has 1 aliphatic rings. The van der Waals surface area contributed by atoms with E-state index in [2.05, 4.69) is 11.8 Å². The molecule has 1 aromatic rings. The predicted molar refractivity (Wildman–Crippen MR) is 83.6 cm³/mol. The molecule has 2 rings (SSSR count). The van der Waals surface area contributed by atoms with Crippen LogP contribution in [0.25, 0.3) is 6.08 Å². The van der Waals surface area contributed by atoms with Crippen molar-refractivity contribution in [3.8, 4) is 11.5 Å². The van der Waals surface area contributed by atoms with Gasteiger partial charge in [0, 0.05) is 25.1 Å². The maximum Gasteiger partial charge on any atom is 0.161 e. The highest BCUT2D eigenvalue weighted by atomic mass is 16.5. The molecule has 0 bridgehead atoms. The van der Waals surface area contributed by atoms with Crippen molar-refractivity contribution in [3.63, 3.8) is 0 Å². The summed E-state index contributed by atoms with van der Waals surface area (Å²) in [6.07, 6.45) is 3.59. The van der Waals surface area contributed by atoms with Crippen molar-refractivity contribution >= 4 is 11.9 Å². The molecule has 1 heterocycles. The van der Waals surface area contributed by atoms with E-state index in [9.17, 15) is 9.90 Å². The number of benzene rings is 1. The van der Waals surface area contributed by atoms with Crippen molar-refractivity contribution in [1.82, 2.24) is 4.90 Å². The second kappa shape index (κ2) is 7.27. The smallest absolute Gasteiger partial charge is 0.161 e. The average Bonchev–Trinajstić information content (AvgIpc) is 2.47.